The quantitative estimate of drug-likeness (QED) is 0.390. The number of nitrogens with zero attached hydrogens (tertiary/aromatic N) is 2. The van der Waals surface area contributed by atoms with E-state index in [2.05, 4.69) is 34.4 Å². The predicted octanol–water partition coefficient (Wildman–Crippen LogP) is 2.85. The van der Waals surface area contributed by atoms with Crippen molar-refractivity contribution in [1.82, 2.24) is 15.5 Å². The second kappa shape index (κ2) is 11.8. The van der Waals surface area contributed by atoms with Crippen molar-refractivity contribution in [3.63, 3.8) is 0 Å². The van der Waals surface area contributed by atoms with Gasteiger partial charge in [-0.2, -0.15) is 0 Å². The van der Waals surface area contributed by atoms with Crippen LogP contribution in [0.15, 0.2) is 4.99 Å². The molecule has 1 aliphatic heterocycles. The number of hydrogen-bond acceptors (Lipinski definition) is 2. The van der Waals surface area contributed by atoms with E-state index in [9.17, 15) is 0 Å². The lowest BCUT2D eigenvalue weighted by Gasteiger charge is -2.32. The highest BCUT2D eigenvalue weighted by molar-refractivity contribution is 5.79. The molecule has 0 amide bonds. The summed E-state index contributed by atoms with van der Waals surface area (Å²) in [6, 6.07) is 0. The maximum absolute atomic E-state index is 4.32. The Kier molecular flexibility index (Phi) is 10.3. The average Bonchev–Trinajstić information content (AvgIpc) is 2.52. The van der Waals surface area contributed by atoms with Gasteiger partial charge in [0.05, 0.1) is 0 Å². The lowest BCUT2D eigenvalue weighted by molar-refractivity contribution is 0.185. The summed E-state index contributed by atoms with van der Waals surface area (Å²) in [6.07, 6.45) is 9.10. The van der Waals surface area contributed by atoms with Gasteiger partial charge in [-0.15, -0.1) is 0 Å². The number of rotatable bonds is 9. The summed E-state index contributed by atoms with van der Waals surface area (Å²) in [5.74, 6) is 1.78. The van der Waals surface area contributed by atoms with Crippen LogP contribution < -0.4 is 10.6 Å². The van der Waals surface area contributed by atoms with Gasteiger partial charge in [-0.05, 0) is 51.2 Å². The SMILES string of the molecule is CCCCCCNC(=NC)NCC1CCN(CCC)CC1. The Morgan fingerprint density at radius 2 is 1.81 bits per heavy atom. The van der Waals surface area contributed by atoms with Crippen LogP contribution in [0.2, 0.25) is 0 Å². The lowest BCUT2D eigenvalue weighted by Crippen LogP contribution is -2.43. The molecule has 1 saturated heterocycles. The first kappa shape index (κ1) is 18.3. The first-order valence-electron chi connectivity index (χ1n) is 8.97. The monoisotopic (exact) mass is 296 g/mol. The largest absolute Gasteiger partial charge is 0.356 e. The lowest BCUT2D eigenvalue weighted by atomic mass is 9.97. The van der Waals surface area contributed by atoms with Gasteiger partial charge in [-0.1, -0.05) is 33.1 Å². The van der Waals surface area contributed by atoms with Crippen LogP contribution in [-0.4, -0.2) is 50.6 Å². The summed E-state index contributed by atoms with van der Waals surface area (Å²) in [6.45, 7) is 10.4. The molecule has 124 valence electrons. The summed E-state index contributed by atoms with van der Waals surface area (Å²) in [4.78, 5) is 6.91. The zero-order valence-electron chi connectivity index (χ0n) is 14.5. The van der Waals surface area contributed by atoms with E-state index in [1.165, 1.54) is 64.6 Å². The summed E-state index contributed by atoms with van der Waals surface area (Å²) < 4.78 is 0. The fourth-order valence-corrected chi connectivity index (χ4v) is 2.95. The Morgan fingerprint density at radius 3 is 2.43 bits per heavy atom. The normalized spacial score (nSPS) is 18.0. The van der Waals surface area contributed by atoms with E-state index in [4.69, 9.17) is 0 Å². The van der Waals surface area contributed by atoms with Gasteiger partial charge in [0.15, 0.2) is 5.96 Å². The maximum atomic E-state index is 4.32. The van der Waals surface area contributed by atoms with E-state index >= 15 is 0 Å². The topological polar surface area (TPSA) is 39.7 Å². The number of unbranched alkanes of at least 4 members (excludes halogenated alkanes) is 3. The number of guanidine groups is 1. The Hall–Kier alpha value is -0.770. The molecule has 0 unspecified atom stereocenters. The van der Waals surface area contributed by atoms with Gasteiger partial charge in [-0.3, -0.25) is 4.99 Å². The summed E-state index contributed by atoms with van der Waals surface area (Å²) in [5.41, 5.74) is 0. The maximum Gasteiger partial charge on any atom is 0.190 e. The highest BCUT2D eigenvalue weighted by Crippen LogP contribution is 2.16. The van der Waals surface area contributed by atoms with Gasteiger partial charge in [0, 0.05) is 20.1 Å². The second-order valence-electron chi connectivity index (χ2n) is 6.23. The molecular formula is C17H36N4. The molecule has 1 heterocycles. The van der Waals surface area contributed by atoms with Crippen LogP contribution >= 0.6 is 0 Å². The number of hydrogen-bond donors (Lipinski definition) is 2. The third-order valence-electron chi connectivity index (χ3n) is 4.35. The van der Waals surface area contributed by atoms with E-state index in [0.717, 1.165) is 25.0 Å². The van der Waals surface area contributed by atoms with Gasteiger partial charge in [0.1, 0.15) is 0 Å². The third-order valence-corrected chi connectivity index (χ3v) is 4.35. The van der Waals surface area contributed by atoms with Gasteiger partial charge < -0.3 is 15.5 Å². The van der Waals surface area contributed by atoms with Crippen LogP contribution in [0.1, 0.15) is 58.8 Å². The molecule has 0 radical (unpaired) electrons. The van der Waals surface area contributed by atoms with Crippen LogP contribution in [0.5, 0.6) is 0 Å². The van der Waals surface area contributed by atoms with E-state index < -0.39 is 0 Å². The first-order valence-corrected chi connectivity index (χ1v) is 8.97. The number of nitrogens with one attached hydrogen (secondary N) is 2. The van der Waals surface area contributed by atoms with Crippen molar-refractivity contribution >= 4 is 5.96 Å². The average molecular weight is 297 g/mol. The Balaban J connectivity index is 2.09. The van der Waals surface area contributed by atoms with Crippen molar-refractivity contribution in [3.8, 4) is 0 Å². The fraction of sp³-hybridized carbons (Fsp3) is 0.941. The summed E-state index contributed by atoms with van der Waals surface area (Å²) in [7, 11) is 1.87. The van der Waals surface area contributed by atoms with E-state index in [0.29, 0.717) is 0 Å². The molecule has 1 aliphatic rings. The molecule has 0 atom stereocenters. The van der Waals surface area contributed by atoms with Crippen molar-refractivity contribution in [2.24, 2.45) is 10.9 Å². The first-order chi connectivity index (χ1) is 10.3. The van der Waals surface area contributed by atoms with E-state index in [1.54, 1.807) is 0 Å². The molecule has 21 heavy (non-hydrogen) atoms. The van der Waals surface area contributed by atoms with Crippen LogP contribution in [0.25, 0.3) is 0 Å². The minimum absolute atomic E-state index is 0.803. The smallest absolute Gasteiger partial charge is 0.190 e. The zero-order valence-corrected chi connectivity index (χ0v) is 14.5. The fourth-order valence-electron chi connectivity index (χ4n) is 2.95. The molecular weight excluding hydrogens is 260 g/mol. The molecule has 2 N–H and O–H groups in total. The van der Waals surface area contributed by atoms with Crippen molar-refractivity contribution in [3.05, 3.63) is 0 Å². The van der Waals surface area contributed by atoms with Crippen LogP contribution in [-0.2, 0) is 0 Å². The highest BCUT2D eigenvalue weighted by Gasteiger charge is 2.18. The standard InChI is InChI=1S/C17H36N4/c1-4-6-7-8-11-19-17(18-3)20-15-16-9-13-21(12-5-2)14-10-16/h16H,4-15H2,1-3H3,(H2,18,19,20). The molecule has 0 aliphatic carbocycles. The molecule has 0 bridgehead atoms. The highest BCUT2D eigenvalue weighted by atomic mass is 15.2. The molecule has 0 spiro atoms. The Morgan fingerprint density at radius 1 is 1.05 bits per heavy atom. The van der Waals surface area contributed by atoms with E-state index in [1.807, 2.05) is 7.05 Å². The van der Waals surface area contributed by atoms with Gasteiger partial charge in [0.2, 0.25) is 0 Å². The molecule has 4 heteroatoms. The minimum Gasteiger partial charge on any atom is -0.356 e. The molecule has 0 aromatic carbocycles. The number of piperidine rings is 1. The van der Waals surface area contributed by atoms with Crippen LogP contribution in [0, 0.1) is 5.92 Å². The van der Waals surface area contributed by atoms with Gasteiger partial charge in [-0.25, -0.2) is 0 Å². The van der Waals surface area contributed by atoms with Crippen molar-refractivity contribution in [2.45, 2.75) is 58.8 Å². The molecule has 0 saturated carbocycles. The van der Waals surface area contributed by atoms with Crippen LogP contribution in [0.4, 0.5) is 0 Å². The molecule has 0 aromatic rings. The van der Waals surface area contributed by atoms with Crippen molar-refractivity contribution in [2.75, 3.05) is 39.8 Å². The third kappa shape index (κ3) is 8.30. The minimum atomic E-state index is 0.803. The van der Waals surface area contributed by atoms with Gasteiger partial charge in [0.25, 0.3) is 0 Å². The Bertz CT molecular complexity index is 270. The zero-order chi connectivity index (χ0) is 15.3. The molecule has 4 nitrogen and oxygen atoms in total. The van der Waals surface area contributed by atoms with Crippen LogP contribution in [0.3, 0.4) is 0 Å². The van der Waals surface area contributed by atoms with Crippen molar-refractivity contribution in [1.29, 1.82) is 0 Å². The second-order valence-corrected chi connectivity index (χ2v) is 6.23. The Labute approximate surface area is 131 Å². The molecule has 0 aromatic heterocycles. The number of likely N-dealkylation sites (tertiary alicyclic amines) is 1. The number of aliphatic imine (C=N–C) groups is 1. The molecule has 1 rings (SSSR count). The molecule has 1 fully saturated rings. The van der Waals surface area contributed by atoms with Gasteiger partial charge >= 0.3 is 0 Å². The summed E-state index contributed by atoms with van der Waals surface area (Å²) >= 11 is 0. The predicted molar refractivity (Wildman–Crippen MR) is 93.0 cm³/mol. The summed E-state index contributed by atoms with van der Waals surface area (Å²) in [5, 5.41) is 6.92. The van der Waals surface area contributed by atoms with Crippen molar-refractivity contribution < 1.29 is 0 Å². The van der Waals surface area contributed by atoms with E-state index in [-0.39, 0.29) is 0 Å².